The van der Waals surface area contributed by atoms with Gasteiger partial charge in [-0.05, 0) is 42.8 Å². The summed E-state index contributed by atoms with van der Waals surface area (Å²) in [6.07, 6.45) is 0. The van der Waals surface area contributed by atoms with Crippen molar-refractivity contribution in [3.8, 4) is 5.75 Å². The standard InChI is InChI=1S/C14H14FNO3S/c1-10-4-3-5-13(14(10)15)16-20(17,18)12-8-6-11(19-2)7-9-12/h3-9,16H,1-2H3. The van der Waals surface area contributed by atoms with E-state index in [0.29, 0.717) is 11.3 Å². The fourth-order valence-corrected chi connectivity index (χ4v) is 2.74. The van der Waals surface area contributed by atoms with E-state index in [9.17, 15) is 12.8 Å². The maximum absolute atomic E-state index is 13.8. The molecule has 0 aliphatic carbocycles. The number of anilines is 1. The molecule has 0 aliphatic rings. The van der Waals surface area contributed by atoms with E-state index in [1.807, 2.05) is 0 Å². The molecule has 6 heteroatoms. The zero-order valence-electron chi connectivity index (χ0n) is 11.1. The van der Waals surface area contributed by atoms with E-state index in [4.69, 9.17) is 4.74 Å². The number of sulfonamides is 1. The van der Waals surface area contributed by atoms with E-state index in [2.05, 4.69) is 4.72 Å². The van der Waals surface area contributed by atoms with Crippen LogP contribution in [0.2, 0.25) is 0 Å². The van der Waals surface area contributed by atoms with Gasteiger partial charge in [-0.1, -0.05) is 12.1 Å². The number of hydrogen-bond donors (Lipinski definition) is 1. The van der Waals surface area contributed by atoms with Crippen LogP contribution in [0.3, 0.4) is 0 Å². The van der Waals surface area contributed by atoms with Crippen molar-refractivity contribution in [2.24, 2.45) is 0 Å². The number of rotatable bonds is 4. The molecule has 0 amide bonds. The lowest BCUT2D eigenvalue weighted by Gasteiger charge is -2.10. The summed E-state index contributed by atoms with van der Waals surface area (Å²) in [6.45, 7) is 1.57. The Bertz CT molecular complexity index is 712. The van der Waals surface area contributed by atoms with E-state index in [1.165, 1.54) is 37.4 Å². The fraction of sp³-hybridized carbons (Fsp3) is 0.143. The predicted octanol–water partition coefficient (Wildman–Crippen LogP) is 2.94. The van der Waals surface area contributed by atoms with Crippen molar-refractivity contribution in [1.29, 1.82) is 0 Å². The average molecular weight is 295 g/mol. The summed E-state index contributed by atoms with van der Waals surface area (Å²) in [5.41, 5.74) is 0.306. The SMILES string of the molecule is COc1ccc(S(=O)(=O)Nc2cccc(C)c2F)cc1. The number of methoxy groups -OCH3 is 1. The van der Waals surface area contributed by atoms with Crippen LogP contribution in [0.4, 0.5) is 10.1 Å². The Labute approximate surface area is 117 Å². The Morgan fingerprint density at radius 2 is 1.75 bits per heavy atom. The zero-order valence-corrected chi connectivity index (χ0v) is 11.9. The summed E-state index contributed by atoms with van der Waals surface area (Å²) < 4.78 is 45.3. The van der Waals surface area contributed by atoms with Gasteiger partial charge in [-0.3, -0.25) is 4.72 Å². The molecule has 4 nitrogen and oxygen atoms in total. The number of ether oxygens (including phenoxy) is 1. The molecule has 1 N–H and O–H groups in total. The minimum atomic E-state index is -3.82. The molecule has 0 fully saturated rings. The first-order valence-electron chi connectivity index (χ1n) is 5.86. The van der Waals surface area contributed by atoms with Crippen molar-refractivity contribution in [2.45, 2.75) is 11.8 Å². The van der Waals surface area contributed by atoms with E-state index in [0.717, 1.165) is 0 Å². The molecule has 0 aromatic heterocycles. The van der Waals surface area contributed by atoms with Crippen LogP contribution in [0.25, 0.3) is 0 Å². The van der Waals surface area contributed by atoms with Gasteiger partial charge in [0.15, 0.2) is 0 Å². The lowest BCUT2D eigenvalue weighted by atomic mass is 10.2. The molecular formula is C14H14FNO3S. The summed E-state index contributed by atoms with van der Waals surface area (Å²) in [4.78, 5) is 0.0409. The quantitative estimate of drug-likeness (QED) is 0.943. The topological polar surface area (TPSA) is 55.4 Å². The normalized spacial score (nSPS) is 11.2. The van der Waals surface area contributed by atoms with E-state index in [-0.39, 0.29) is 10.6 Å². The van der Waals surface area contributed by atoms with Gasteiger partial charge in [-0.15, -0.1) is 0 Å². The van der Waals surface area contributed by atoms with Gasteiger partial charge >= 0.3 is 0 Å². The maximum atomic E-state index is 13.8. The number of aryl methyl sites for hydroxylation is 1. The molecule has 0 saturated heterocycles. The molecule has 0 saturated carbocycles. The fourth-order valence-electron chi connectivity index (χ4n) is 1.68. The van der Waals surface area contributed by atoms with Crippen LogP contribution in [0, 0.1) is 12.7 Å². The highest BCUT2D eigenvalue weighted by Gasteiger charge is 2.16. The van der Waals surface area contributed by atoms with Gasteiger partial charge in [0.1, 0.15) is 11.6 Å². The van der Waals surface area contributed by atoms with Crippen LogP contribution in [-0.4, -0.2) is 15.5 Å². The molecule has 0 radical (unpaired) electrons. The molecular weight excluding hydrogens is 281 g/mol. The van der Waals surface area contributed by atoms with Crippen molar-refractivity contribution in [1.82, 2.24) is 0 Å². The second kappa shape index (κ2) is 5.50. The van der Waals surface area contributed by atoms with E-state index >= 15 is 0 Å². The molecule has 2 aromatic rings. The number of hydrogen-bond acceptors (Lipinski definition) is 3. The Balaban J connectivity index is 2.33. The highest BCUT2D eigenvalue weighted by Crippen LogP contribution is 2.22. The molecule has 0 heterocycles. The smallest absolute Gasteiger partial charge is 0.261 e. The van der Waals surface area contributed by atoms with Gasteiger partial charge in [0.05, 0.1) is 17.7 Å². The van der Waals surface area contributed by atoms with Crippen LogP contribution in [-0.2, 0) is 10.0 Å². The van der Waals surface area contributed by atoms with E-state index < -0.39 is 15.8 Å². The monoisotopic (exact) mass is 295 g/mol. The molecule has 0 bridgehead atoms. The van der Waals surface area contributed by atoms with Gasteiger partial charge in [0.2, 0.25) is 0 Å². The molecule has 2 rings (SSSR count). The molecule has 106 valence electrons. The van der Waals surface area contributed by atoms with Crippen LogP contribution in [0.15, 0.2) is 47.4 Å². The Kier molecular flexibility index (Phi) is 3.94. The number of halogens is 1. The molecule has 0 unspecified atom stereocenters. The van der Waals surface area contributed by atoms with Crippen molar-refractivity contribution in [2.75, 3.05) is 11.8 Å². The van der Waals surface area contributed by atoms with Crippen molar-refractivity contribution < 1.29 is 17.5 Å². The van der Waals surface area contributed by atoms with Gasteiger partial charge < -0.3 is 4.74 Å². The predicted molar refractivity (Wildman–Crippen MR) is 74.9 cm³/mol. The van der Waals surface area contributed by atoms with Crippen LogP contribution in [0.5, 0.6) is 5.75 Å². The molecule has 0 aliphatic heterocycles. The Hall–Kier alpha value is -2.08. The van der Waals surface area contributed by atoms with Gasteiger partial charge in [0, 0.05) is 0 Å². The highest BCUT2D eigenvalue weighted by atomic mass is 32.2. The largest absolute Gasteiger partial charge is 0.497 e. The average Bonchev–Trinajstić information content (AvgIpc) is 2.44. The third-order valence-electron chi connectivity index (χ3n) is 2.81. The third kappa shape index (κ3) is 2.91. The van der Waals surface area contributed by atoms with Gasteiger partial charge in [0.25, 0.3) is 10.0 Å². The van der Waals surface area contributed by atoms with E-state index in [1.54, 1.807) is 19.1 Å². The number of benzene rings is 2. The summed E-state index contributed by atoms with van der Waals surface area (Å²) in [7, 11) is -2.33. The minimum Gasteiger partial charge on any atom is -0.497 e. The summed E-state index contributed by atoms with van der Waals surface area (Å²) in [6, 6.07) is 10.4. The summed E-state index contributed by atoms with van der Waals surface area (Å²) in [5, 5.41) is 0. The van der Waals surface area contributed by atoms with Crippen LogP contribution >= 0.6 is 0 Å². The van der Waals surface area contributed by atoms with Gasteiger partial charge in [-0.2, -0.15) is 0 Å². The Morgan fingerprint density at radius 3 is 2.35 bits per heavy atom. The van der Waals surface area contributed by atoms with Gasteiger partial charge in [-0.25, -0.2) is 12.8 Å². The number of nitrogens with one attached hydrogen (secondary N) is 1. The highest BCUT2D eigenvalue weighted by molar-refractivity contribution is 7.92. The van der Waals surface area contributed by atoms with Crippen LogP contribution in [0.1, 0.15) is 5.56 Å². The molecule has 0 spiro atoms. The summed E-state index contributed by atoms with van der Waals surface area (Å²) >= 11 is 0. The Morgan fingerprint density at radius 1 is 1.10 bits per heavy atom. The molecule has 0 atom stereocenters. The van der Waals surface area contributed by atoms with Crippen LogP contribution < -0.4 is 9.46 Å². The minimum absolute atomic E-state index is 0.0409. The first kappa shape index (κ1) is 14.3. The first-order chi connectivity index (χ1) is 9.44. The molecule has 2 aromatic carbocycles. The second-order valence-electron chi connectivity index (χ2n) is 4.22. The lowest BCUT2D eigenvalue weighted by Crippen LogP contribution is -2.14. The second-order valence-corrected chi connectivity index (χ2v) is 5.90. The zero-order chi connectivity index (χ0) is 14.8. The maximum Gasteiger partial charge on any atom is 0.261 e. The molecule has 20 heavy (non-hydrogen) atoms. The van der Waals surface area contributed by atoms with Crippen molar-refractivity contribution in [3.63, 3.8) is 0 Å². The summed E-state index contributed by atoms with van der Waals surface area (Å²) in [5.74, 6) is -0.0322. The lowest BCUT2D eigenvalue weighted by molar-refractivity contribution is 0.414. The van der Waals surface area contributed by atoms with Crippen molar-refractivity contribution >= 4 is 15.7 Å². The third-order valence-corrected chi connectivity index (χ3v) is 4.19. The first-order valence-corrected chi connectivity index (χ1v) is 7.34. The van der Waals surface area contributed by atoms with Crippen molar-refractivity contribution in [3.05, 3.63) is 53.8 Å².